The Labute approximate surface area is 103 Å². The first-order chi connectivity index (χ1) is 8.84. The number of H-pyrrole nitrogens is 1. The van der Waals surface area contributed by atoms with Crippen LogP contribution in [0, 0.1) is 6.92 Å². The summed E-state index contributed by atoms with van der Waals surface area (Å²) in [6.07, 6.45) is 6.44. The van der Waals surface area contributed by atoms with E-state index in [0.29, 0.717) is 18.0 Å². The predicted molar refractivity (Wildman–Crippen MR) is 65.8 cm³/mol. The van der Waals surface area contributed by atoms with Crippen LogP contribution in [-0.4, -0.2) is 29.9 Å². The van der Waals surface area contributed by atoms with E-state index in [-0.39, 0.29) is 0 Å². The molecule has 2 N–H and O–H groups in total. The van der Waals surface area contributed by atoms with Crippen molar-refractivity contribution in [1.82, 2.24) is 29.9 Å². The molecule has 0 atom stereocenters. The van der Waals surface area contributed by atoms with Gasteiger partial charge < -0.3 is 10.3 Å². The van der Waals surface area contributed by atoms with Gasteiger partial charge in [0.25, 0.3) is 0 Å². The molecular formula is C11H11N7. The number of fused-ring (bicyclic) bond motifs is 1. The monoisotopic (exact) mass is 241 g/mol. The molecule has 7 nitrogen and oxygen atoms in total. The molecule has 0 saturated carbocycles. The van der Waals surface area contributed by atoms with E-state index in [1.165, 1.54) is 6.33 Å². The number of hydrogen-bond donors (Lipinski definition) is 2. The molecule has 0 aliphatic carbocycles. The Morgan fingerprint density at radius 3 is 2.89 bits per heavy atom. The summed E-state index contributed by atoms with van der Waals surface area (Å²) in [7, 11) is 0. The Balaban J connectivity index is 1.85. The highest BCUT2D eigenvalue weighted by Gasteiger charge is 2.06. The van der Waals surface area contributed by atoms with E-state index in [2.05, 4.69) is 35.2 Å². The largest absolute Gasteiger partial charge is 0.362 e. The number of anilines is 1. The number of nitrogens with zero attached hydrogens (tertiary/aromatic N) is 5. The van der Waals surface area contributed by atoms with Gasteiger partial charge >= 0.3 is 0 Å². The van der Waals surface area contributed by atoms with Crippen molar-refractivity contribution in [3.05, 3.63) is 36.4 Å². The van der Waals surface area contributed by atoms with Crippen molar-refractivity contribution < 1.29 is 0 Å². The van der Waals surface area contributed by atoms with E-state index in [1.54, 1.807) is 18.7 Å². The number of hydrogen-bond acceptors (Lipinski definition) is 6. The molecule has 0 saturated heterocycles. The van der Waals surface area contributed by atoms with Gasteiger partial charge in [-0.2, -0.15) is 0 Å². The van der Waals surface area contributed by atoms with Crippen molar-refractivity contribution in [2.75, 3.05) is 5.32 Å². The zero-order chi connectivity index (χ0) is 12.4. The van der Waals surface area contributed by atoms with Crippen LogP contribution >= 0.6 is 0 Å². The minimum atomic E-state index is 0.554. The molecule has 3 aromatic heterocycles. The lowest BCUT2D eigenvalue weighted by atomic mass is 10.3. The maximum atomic E-state index is 4.26. The van der Waals surface area contributed by atoms with Gasteiger partial charge in [-0.1, -0.05) is 0 Å². The second kappa shape index (κ2) is 4.36. The summed E-state index contributed by atoms with van der Waals surface area (Å²) in [5.74, 6) is 0.686. The fourth-order valence-electron chi connectivity index (χ4n) is 1.67. The van der Waals surface area contributed by atoms with Crippen LogP contribution in [-0.2, 0) is 6.54 Å². The van der Waals surface area contributed by atoms with Crippen molar-refractivity contribution in [2.45, 2.75) is 13.5 Å². The van der Waals surface area contributed by atoms with Crippen LogP contribution < -0.4 is 5.32 Å². The van der Waals surface area contributed by atoms with Gasteiger partial charge in [-0.15, -0.1) is 0 Å². The first kappa shape index (κ1) is 10.6. The molecule has 0 spiro atoms. The highest BCUT2D eigenvalue weighted by atomic mass is 15.1. The highest BCUT2D eigenvalue weighted by molar-refractivity contribution is 5.81. The lowest BCUT2D eigenvalue weighted by Gasteiger charge is -2.06. The summed E-state index contributed by atoms with van der Waals surface area (Å²) < 4.78 is 0. The molecule has 0 aliphatic rings. The van der Waals surface area contributed by atoms with Crippen LogP contribution in [0.15, 0.2) is 25.0 Å². The molecular weight excluding hydrogens is 230 g/mol. The van der Waals surface area contributed by atoms with Crippen molar-refractivity contribution in [1.29, 1.82) is 0 Å². The van der Waals surface area contributed by atoms with Gasteiger partial charge in [0, 0.05) is 12.4 Å². The summed E-state index contributed by atoms with van der Waals surface area (Å²) in [6, 6.07) is 0. The standard InChI is InChI=1S/C11H11N7/c1-7-8(13-3-2-12-7)4-14-10-9-11(16-5-15-9)18-6-17-10/h2-3,5-6H,4H2,1H3,(H2,14,15,16,17,18). The number of aromatic amines is 1. The van der Waals surface area contributed by atoms with Gasteiger partial charge in [0.2, 0.25) is 0 Å². The zero-order valence-electron chi connectivity index (χ0n) is 9.75. The van der Waals surface area contributed by atoms with Crippen molar-refractivity contribution in [2.24, 2.45) is 0 Å². The normalized spacial score (nSPS) is 10.7. The second-order valence-electron chi connectivity index (χ2n) is 3.76. The van der Waals surface area contributed by atoms with Gasteiger partial charge in [0.1, 0.15) is 11.8 Å². The molecule has 3 heterocycles. The third-order valence-electron chi connectivity index (χ3n) is 2.62. The SMILES string of the molecule is Cc1nccnc1CNc1ncnc2[nH]cnc12. The number of aromatic nitrogens is 6. The number of imidazole rings is 1. The Hall–Kier alpha value is -2.57. The average molecular weight is 241 g/mol. The van der Waals surface area contributed by atoms with Gasteiger partial charge in [0.15, 0.2) is 11.5 Å². The quantitative estimate of drug-likeness (QED) is 0.712. The van der Waals surface area contributed by atoms with Crippen molar-refractivity contribution in [3.63, 3.8) is 0 Å². The smallest absolute Gasteiger partial charge is 0.162 e. The third-order valence-corrected chi connectivity index (χ3v) is 2.62. The predicted octanol–water partition coefficient (Wildman–Crippen LogP) is 1.06. The van der Waals surface area contributed by atoms with Gasteiger partial charge in [-0.05, 0) is 6.92 Å². The lowest BCUT2D eigenvalue weighted by Crippen LogP contribution is -2.06. The number of rotatable bonds is 3. The van der Waals surface area contributed by atoms with E-state index in [9.17, 15) is 0 Å². The van der Waals surface area contributed by atoms with Crippen LogP contribution in [0.3, 0.4) is 0 Å². The van der Waals surface area contributed by atoms with Crippen LogP contribution in [0.1, 0.15) is 11.4 Å². The molecule has 3 aromatic rings. The fraction of sp³-hybridized carbons (Fsp3) is 0.182. The second-order valence-corrected chi connectivity index (χ2v) is 3.76. The molecule has 0 amide bonds. The minimum absolute atomic E-state index is 0.554. The summed E-state index contributed by atoms with van der Waals surface area (Å²) in [5.41, 5.74) is 3.22. The Bertz CT molecular complexity index is 676. The van der Waals surface area contributed by atoms with Gasteiger partial charge in [0.05, 0.1) is 24.3 Å². The Kier molecular flexibility index (Phi) is 2.56. The molecule has 18 heavy (non-hydrogen) atoms. The molecule has 0 aromatic carbocycles. The summed E-state index contributed by atoms with van der Waals surface area (Å²) >= 11 is 0. The van der Waals surface area contributed by atoms with Gasteiger partial charge in [-0.3, -0.25) is 9.97 Å². The molecule has 0 fully saturated rings. The van der Waals surface area contributed by atoms with Crippen molar-refractivity contribution >= 4 is 17.0 Å². The third kappa shape index (κ3) is 1.86. The summed E-state index contributed by atoms with van der Waals surface area (Å²) in [6.45, 7) is 2.48. The fourth-order valence-corrected chi connectivity index (χ4v) is 1.67. The number of aryl methyl sites for hydroxylation is 1. The maximum absolute atomic E-state index is 4.26. The molecule has 7 heteroatoms. The molecule has 0 aliphatic heterocycles. The van der Waals surface area contributed by atoms with Crippen LogP contribution in [0.5, 0.6) is 0 Å². The lowest BCUT2D eigenvalue weighted by molar-refractivity contribution is 0.957. The Morgan fingerprint density at radius 2 is 2.00 bits per heavy atom. The van der Waals surface area contributed by atoms with E-state index in [4.69, 9.17) is 0 Å². The zero-order valence-corrected chi connectivity index (χ0v) is 9.75. The topological polar surface area (TPSA) is 92.3 Å². The Morgan fingerprint density at radius 1 is 1.11 bits per heavy atom. The van der Waals surface area contributed by atoms with E-state index in [1.807, 2.05) is 6.92 Å². The first-order valence-electron chi connectivity index (χ1n) is 5.49. The molecule has 3 rings (SSSR count). The molecule has 0 unspecified atom stereocenters. The first-order valence-corrected chi connectivity index (χ1v) is 5.49. The average Bonchev–Trinajstić information content (AvgIpc) is 2.86. The van der Waals surface area contributed by atoms with Crippen LogP contribution in [0.4, 0.5) is 5.82 Å². The molecule has 0 radical (unpaired) electrons. The van der Waals surface area contributed by atoms with E-state index in [0.717, 1.165) is 16.9 Å². The molecule has 90 valence electrons. The van der Waals surface area contributed by atoms with Gasteiger partial charge in [-0.25, -0.2) is 15.0 Å². The van der Waals surface area contributed by atoms with Crippen molar-refractivity contribution in [3.8, 4) is 0 Å². The highest BCUT2D eigenvalue weighted by Crippen LogP contribution is 2.15. The van der Waals surface area contributed by atoms with E-state index < -0.39 is 0 Å². The molecule has 0 bridgehead atoms. The number of nitrogens with one attached hydrogen (secondary N) is 2. The summed E-state index contributed by atoms with van der Waals surface area (Å²) in [4.78, 5) is 23.8. The summed E-state index contributed by atoms with van der Waals surface area (Å²) in [5, 5.41) is 3.19. The van der Waals surface area contributed by atoms with Crippen LogP contribution in [0.2, 0.25) is 0 Å². The minimum Gasteiger partial charge on any atom is -0.362 e. The maximum Gasteiger partial charge on any atom is 0.162 e. The van der Waals surface area contributed by atoms with E-state index >= 15 is 0 Å². The van der Waals surface area contributed by atoms with Crippen LogP contribution in [0.25, 0.3) is 11.2 Å².